The van der Waals surface area contributed by atoms with Crippen molar-refractivity contribution in [2.24, 2.45) is 4.99 Å². The number of aryl methyl sites for hydroxylation is 2. The molecule has 146 valence electrons. The molecular formula is C19H19N3O4S2. The van der Waals surface area contributed by atoms with Crippen molar-refractivity contribution in [1.29, 1.82) is 0 Å². The normalized spacial score (nSPS) is 12.3. The predicted octanol–water partition coefficient (Wildman–Crippen LogP) is 4.08. The minimum atomic E-state index is -0.450. The quantitative estimate of drug-likeness (QED) is 0.344. The monoisotopic (exact) mass is 417 g/mol. The van der Waals surface area contributed by atoms with E-state index in [0.717, 1.165) is 32.7 Å². The van der Waals surface area contributed by atoms with Gasteiger partial charge in [0.15, 0.2) is 4.80 Å². The Balaban J connectivity index is 1.97. The van der Waals surface area contributed by atoms with Crippen molar-refractivity contribution in [3.8, 4) is 0 Å². The molecule has 0 aliphatic carbocycles. The summed E-state index contributed by atoms with van der Waals surface area (Å²) in [6.07, 6.45) is 2.88. The van der Waals surface area contributed by atoms with Crippen molar-refractivity contribution in [1.82, 2.24) is 4.57 Å². The third-order valence-corrected chi connectivity index (χ3v) is 6.25. The Morgan fingerprint density at radius 1 is 1.32 bits per heavy atom. The van der Waals surface area contributed by atoms with Crippen LogP contribution in [0.3, 0.4) is 0 Å². The molecule has 0 bridgehead atoms. The first-order valence-corrected chi connectivity index (χ1v) is 10.1. The number of nitrogens with zero attached hydrogens (tertiary/aromatic N) is 3. The van der Waals surface area contributed by atoms with Crippen LogP contribution < -0.4 is 4.80 Å². The number of thiazole rings is 1. The number of rotatable bonds is 6. The lowest BCUT2D eigenvalue weighted by Crippen LogP contribution is -2.19. The van der Waals surface area contributed by atoms with Crippen LogP contribution in [0, 0.1) is 24.0 Å². The number of hydrogen-bond donors (Lipinski definition) is 0. The molecule has 1 aromatic carbocycles. The molecule has 0 aliphatic heterocycles. The predicted molar refractivity (Wildman–Crippen MR) is 112 cm³/mol. The molecule has 0 N–H and O–H groups in total. The summed E-state index contributed by atoms with van der Waals surface area (Å²) >= 11 is 2.48. The number of aromatic nitrogens is 1. The first-order valence-electron chi connectivity index (χ1n) is 8.49. The van der Waals surface area contributed by atoms with E-state index in [1.54, 1.807) is 19.3 Å². The van der Waals surface area contributed by atoms with E-state index in [0.29, 0.717) is 22.8 Å². The molecule has 0 saturated heterocycles. The lowest BCUT2D eigenvalue weighted by atomic mass is 10.1. The third kappa shape index (κ3) is 4.44. The van der Waals surface area contributed by atoms with E-state index < -0.39 is 10.8 Å². The molecule has 3 rings (SSSR count). The smallest absolute Gasteiger partial charge is 0.324 e. The molecule has 7 nitrogen and oxygen atoms in total. The molecule has 1 amide bonds. The Labute approximate surface area is 169 Å². The highest BCUT2D eigenvalue weighted by molar-refractivity contribution is 7.16. The van der Waals surface area contributed by atoms with Crippen LogP contribution in [0.25, 0.3) is 16.3 Å². The number of carbonyl (C=O) groups is 1. The van der Waals surface area contributed by atoms with Gasteiger partial charge in [0.2, 0.25) is 0 Å². The summed E-state index contributed by atoms with van der Waals surface area (Å²) in [7, 11) is 1.64. The Morgan fingerprint density at radius 3 is 2.79 bits per heavy atom. The Bertz CT molecular complexity index is 1140. The van der Waals surface area contributed by atoms with Crippen LogP contribution >= 0.6 is 22.7 Å². The van der Waals surface area contributed by atoms with Gasteiger partial charge in [0.1, 0.15) is 0 Å². The average molecular weight is 418 g/mol. The summed E-state index contributed by atoms with van der Waals surface area (Å²) in [4.78, 5) is 28.1. The maximum absolute atomic E-state index is 12.4. The number of ether oxygens (including phenoxy) is 1. The van der Waals surface area contributed by atoms with Gasteiger partial charge in [-0.2, -0.15) is 4.99 Å². The lowest BCUT2D eigenvalue weighted by Gasteiger charge is -2.05. The van der Waals surface area contributed by atoms with E-state index >= 15 is 0 Å². The molecule has 0 aliphatic rings. The number of nitro groups is 1. The van der Waals surface area contributed by atoms with Crippen molar-refractivity contribution in [3.05, 3.63) is 61.3 Å². The lowest BCUT2D eigenvalue weighted by molar-refractivity contribution is -0.380. The van der Waals surface area contributed by atoms with Crippen LogP contribution in [0.1, 0.15) is 16.0 Å². The van der Waals surface area contributed by atoms with Crippen LogP contribution in [0.5, 0.6) is 0 Å². The highest BCUT2D eigenvalue weighted by atomic mass is 32.1. The molecule has 0 fully saturated rings. The Kier molecular flexibility index (Phi) is 6.18. The first kappa shape index (κ1) is 20.1. The number of amides is 1. The van der Waals surface area contributed by atoms with E-state index in [4.69, 9.17) is 4.74 Å². The molecule has 28 heavy (non-hydrogen) atoms. The van der Waals surface area contributed by atoms with Crippen LogP contribution in [0.4, 0.5) is 5.00 Å². The Hall–Kier alpha value is -2.62. The maximum atomic E-state index is 12.4. The van der Waals surface area contributed by atoms with Gasteiger partial charge >= 0.3 is 5.00 Å². The van der Waals surface area contributed by atoms with Gasteiger partial charge in [0, 0.05) is 30.7 Å². The largest absolute Gasteiger partial charge is 0.383 e. The summed E-state index contributed by atoms with van der Waals surface area (Å²) in [5, 5.41) is 10.8. The van der Waals surface area contributed by atoms with Crippen molar-refractivity contribution >= 4 is 49.9 Å². The summed E-state index contributed by atoms with van der Waals surface area (Å²) in [6.45, 7) is 5.18. The molecule has 9 heteroatoms. The second kappa shape index (κ2) is 8.59. The maximum Gasteiger partial charge on any atom is 0.324 e. The van der Waals surface area contributed by atoms with Crippen molar-refractivity contribution in [2.45, 2.75) is 20.4 Å². The summed E-state index contributed by atoms with van der Waals surface area (Å²) in [5.74, 6) is -0.414. The topological polar surface area (TPSA) is 86.7 Å². The average Bonchev–Trinajstić information content (AvgIpc) is 3.24. The summed E-state index contributed by atoms with van der Waals surface area (Å²) in [5.41, 5.74) is 3.32. The van der Waals surface area contributed by atoms with E-state index in [1.807, 2.05) is 18.4 Å². The fourth-order valence-electron chi connectivity index (χ4n) is 2.81. The number of hydrogen-bond acceptors (Lipinski definition) is 6. The van der Waals surface area contributed by atoms with Gasteiger partial charge < -0.3 is 9.30 Å². The van der Waals surface area contributed by atoms with Gasteiger partial charge in [0.05, 0.1) is 21.7 Å². The zero-order valence-corrected chi connectivity index (χ0v) is 17.3. The van der Waals surface area contributed by atoms with Crippen molar-refractivity contribution < 1.29 is 14.5 Å². The van der Waals surface area contributed by atoms with Crippen LogP contribution in [-0.2, 0) is 16.1 Å². The fourth-order valence-corrected chi connectivity index (χ4v) is 4.65. The standard InChI is InChI=1S/C19H19N3O4S2/c1-12-10-13(2)18-15(11-12)21(8-9-26-3)19(28-18)20-16(23)6-4-14-5-7-17(27-14)22(24)25/h4-7,10-11H,8-9H2,1-3H3/b6-4+,20-19?. The zero-order chi connectivity index (χ0) is 20.3. The summed E-state index contributed by atoms with van der Waals surface area (Å²) in [6, 6.07) is 7.21. The number of carbonyl (C=O) groups excluding carboxylic acids is 1. The molecule has 0 spiro atoms. The molecule has 0 radical (unpaired) electrons. The molecule has 2 aromatic heterocycles. The Morgan fingerprint density at radius 2 is 2.11 bits per heavy atom. The minimum Gasteiger partial charge on any atom is -0.383 e. The molecular weight excluding hydrogens is 398 g/mol. The van der Waals surface area contributed by atoms with Crippen molar-refractivity contribution in [3.63, 3.8) is 0 Å². The molecule has 2 heterocycles. The van der Waals surface area contributed by atoms with Crippen LogP contribution in [0.15, 0.2) is 35.3 Å². The number of methoxy groups -OCH3 is 1. The highest BCUT2D eigenvalue weighted by Gasteiger charge is 2.11. The van der Waals surface area contributed by atoms with E-state index in [9.17, 15) is 14.9 Å². The van der Waals surface area contributed by atoms with E-state index in [2.05, 4.69) is 17.1 Å². The number of benzene rings is 1. The molecule has 0 atom stereocenters. The third-order valence-electron chi connectivity index (χ3n) is 4.02. The number of fused-ring (bicyclic) bond motifs is 1. The van der Waals surface area contributed by atoms with E-state index in [1.165, 1.54) is 23.5 Å². The first-order chi connectivity index (χ1) is 13.4. The highest BCUT2D eigenvalue weighted by Crippen LogP contribution is 2.25. The van der Waals surface area contributed by atoms with Crippen LogP contribution in [-0.4, -0.2) is 29.1 Å². The van der Waals surface area contributed by atoms with Gasteiger partial charge in [-0.1, -0.05) is 28.7 Å². The summed E-state index contributed by atoms with van der Waals surface area (Å²) < 4.78 is 8.28. The van der Waals surface area contributed by atoms with E-state index in [-0.39, 0.29) is 5.00 Å². The molecule has 0 unspecified atom stereocenters. The molecule has 3 aromatic rings. The number of thiophene rings is 1. The van der Waals surface area contributed by atoms with Crippen molar-refractivity contribution in [2.75, 3.05) is 13.7 Å². The zero-order valence-electron chi connectivity index (χ0n) is 15.7. The van der Waals surface area contributed by atoms with Gasteiger partial charge in [-0.05, 0) is 43.2 Å². The fraction of sp³-hybridized carbons (Fsp3) is 0.263. The minimum absolute atomic E-state index is 0.0387. The second-order valence-corrected chi connectivity index (χ2v) is 8.25. The van der Waals surface area contributed by atoms with Crippen LogP contribution in [0.2, 0.25) is 0 Å². The van der Waals surface area contributed by atoms with Gasteiger partial charge in [-0.15, -0.1) is 0 Å². The SMILES string of the molecule is COCCn1c(=NC(=O)/C=C/c2ccc([N+](=O)[O-])s2)sc2c(C)cc(C)cc21. The molecule has 0 saturated carbocycles. The second-order valence-electron chi connectivity index (χ2n) is 6.18. The van der Waals surface area contributed by atoms with Gasteiger partial charge in [-0.25, -0.2) is 0 Å². The van der Waals surface area contributed by atoms with Gasteiger partial charge in [0.25, 0.3) is 5.91 Å². The van der Waals surface area contributed by atoms with Gasteiger partial charge in [-0.3, -0.25) is 14.9 Å².